The lowest BCUT2D eigenvalue weighted by atomic mass is 10.0. The van der Waals surface area contributed by atoms with Gasteiger partial charge in [0.2, 0.25) is 0 Å². The molecule has 35 heavy (non-hydrogen) atoms. The summed E-state index contributed by atoms with van der Waals surface area (Å²) in [6, 6.07) is 25.2. The Labute approximate surface area is 202 Å². The van der Waals surface area contributed by atoms with Crippen LogP contribution < -0.4 is 0 Å². The molecule has 0 amide bonds. The SMILES string of the molecule is CCOC(=O)C(N=C(c1ccccc1)c1ccccc1)C1C(C(=O)OCc2ccccc2)C1(F)F. The Bertz CT molecular complexity index is 1140. The zero-order valence-electron chi connectivity index (χ0n) is 19.1. The second-order valence-electron chi connectivity index (χ2n) is 8.18. The Kier molecular flexibility index (Phi) is 7.34. The van der Waals surface area contributed by atoms with Gasteiger partial charge in [0.05, 0.1) is 18.2 Å². The van der Waals surface area contributed by atoms with Crippen molar-refractivity contribution in [3.8, 4) is 0 Å². The van der Waals surface area contributed by atoms with E-state index in [0.717, 1.165) is 0 Å². The Morgan fingerprint density at radius 1 is 0.857 bits per heavy atom. The minimum atomic E-state index is -3.45. The van der Waals surface area contributed by atoms with E-state index in [1.54, 1.807) is 85.8 Å². The molecule has 3 unspecified atom stereocenters. The number of halogens is 2. The average molecular weight is 478 g/mol. The topological polar surface area (TPSA) is 65.0 Å². The standard InChI is InChI=1S/C28H25F2NO4/c1-2-34-27(33)25(31-24(20-14-8-4-9-15-20)21-16-10-5-11-17-21)22-23(28(22,29)30)26(32)35-18-19-12-6-3-7-13-19/h3-17,22-23,25H,2,18H2,1H3. The number of hydrogen-bond acceptors (Lipinski definition) is 5. The maximum atomic E-state index is 15.0. The van der Waals surface area contributed by atoms with Crippen LogP contribution in [0, 0.1) is 11.8 Å². The van der Waals surface area contributed by atoms with Gasteiger partial charge < -0.3 is 9.47 Å². The predicted molar refractivity (Wildman–Crippen MR) is 127 cm³/mol. The third-order valence-electron chi connectivity index (χ3n) is 5.82. The summed E-state index contributed by atoms with van der Waals surface area (Å²) in [5.74, 6) is -8.86. The average Bonchev–Trinajstić information content (AvgIpc) is 3.46. The molecular weight excluding hydrogens is 452 g/mol. The fourth-order valence-electron chi connectivity index (χ4n) is 4.02. The second-order valence-corrected chi connectivity index (χ2v) is 8.18. The van der Waals surface area contributed by atoms with Gasteiger partial charge in [-0.1, -0.05) is 91.0 Å². The molecule has 1 aliphatic carbocycles. The van der Waals surface area contributed by atoms with Crippen LogP contribution in [0.4, 0.5) is 8.78 Å². The van der Waals surface area contributed by atoms with Crippen molar-refractivity contribution in [3.63, 3.8) is 0 Å². The fourth-order valence-corrected chi connectivity index (χ4v) is 4.02. The predicted octanol–water partition coefficient (Wildman–Crippen LogP) is 5.08. The van der Waals surface area contributed by atoms with Crippen molar-refractivity contribution < 1.29 is 27.8 Å². The number of hydrogen-bond donors (Lipinski definition) is 0. The molecule has 3 atom stereocenters. The van der Waals surface area contributed by atoms with Crippen molar-refractivity contribution in [1.29, 1.82) is 0 Å². The van der Waals surface area contributed by atoms with Crippen molar-refractivity contribution >= 4 is 17.7 Å². The van der Waals surface area contributed by atoms with Gasteiger partial charge in [-0.05, 0) is 12.5 Å². The van der Waals surface area contributed by atoms with Gasteiger partial charge in [0.1, 0.15) is 12.5 Å². The number of ether oxygens (including phenoxy) is 2. The van der Waals surface area contributed by atoms with Crippen LogP contribution in [0.3, 0.4) is 0 Å². The molecule has 0 aliphatic heterocycles. The molecule has 0 radical (unpaired) electrons. The lowest BCUT2D eigenvalue weighted by molar-refractivity contribution is -0.149. The van der Waals surface area contributed by atoms with Crippen molar-refractivity contribution in [2.45, 2.75) is 25.5 Å². The molecule has 0 saturated heterocycles. The molecule has 3 aromatic carbocycles. The van der Waals surface area contributed by atoms with E-state index in [9.17, 15) is 18.4 Å². The molecule has 0 bridgehead atoms. The van der Waals surface area contributed by atoms with Crippen LogP contribution in [-0.2, 0) is 25.7 Å². The molecule has 7 heteroatoms. The minimum absolute atomic E-state index is 0.00171. The summed E-state index contributed by atoms with van der Waals surface area (Å²) >= 11 is 0. The van der Waals surface area contributed by atoms with E-state index in [4.69, 9.17) is 9.47 Å². The highest BCUT2D eigenvalue weighted by molar-refractivity contribution is 6.13. The van der Waals surface area contributed by atoms with Gasteiger partial charge in [-0.15, -0.1) is 0 Å². The van der Waals surface area contributed by atoms with Gasteiger partial charge in [0, 0.05) is 11.1 Å². The number of esters is 2. The van der Waals surface area contributed by atoms with Crippen LogP contribution in [0.25, 0.3) is 0 Å². The number of rotatable bonds is 9. The van der Waals surface area contributed by atoms with Crippen LogP contribution in [0.15, 0.2) is 96.0 Å². The molecule has 1 saturated carbocycles. The highest BCUT2D eigenvalue weighted by Gasteiger charge is 2.76. The van der Waals surface area contributed by atoms with Crippen molar-refractivity contribution in [2.75, 3.05) is 6.61 Å². The zero-order chi connectivity index (χ0) is 24.8. The summed E-state index contributed by atoms with van der Waals surface area (Å²) in [4.78, 5) is 30.0. The van der Waals surface area contributed by atoms with Crippen LogP contribution in [0.1, 0.15) is 23.6 Å². The third-order valence-corrected chi connectivity index (χ3v) is 5.82. The van der Waals surface area contributed by atoms with E-state index >= 15 is 0 Å². The Morgan fingerprint density at radius 2 is 1.37 bits per heavy atom. The Hall–Kier alpha value is -3.87. The Balaban J connectivity index is 1.66. The highest BCUT2D eigenvalue weighted by atomic mass is 19.3. The smallest absolute Gasteiger partial charge is 0.331 e. The molecule has 0 spiro atoms. The van der Waals surface area contributed by atoms with E-state index < -0.39 is 35.7 Å². The lowest BCUT2D eigenvalue weighted by Crippen LogP contribution is -2.29. The van der Waals surface area contributed by atoms with Crippen molar-refractivity contribution in [2.24, 2.45) is 16.8 Å². The monoisotopic (exact) mass is 477 g/mol. The van der Waals surface area contributed by atoms with Gasteiger partial charge in [-0.25, -0.2) is 13.6 Å². The summed E-state index contributed by atoms with van der Waals surface area (Å²) in [7, 11) is 0. The highest BCUT2D eigenvalue weighted by Crippen LogP contribution is 2.58. The van der Waals surface area contributed by atoms with E-state index in [-0.39, 0.29) is 13.2 Å². The summed E-state index contributed by atoms with van der Waals surface area (Å²) in [6.45, 7) is 1.45. The summed E-state index contributed by atoms with van der Waals surface area (Å²) < 4.78 is 40.2. The summed E-state index contributed by atoms with van der Waals surface area (Å²) in [5.41, 5.74) is 2.35. The maximum absolute atomic E-state index is 15.0. The molecule has 3 aromatic rings. The van der Waals surface area contributed by atoms with E-state index in [2.05, 4.69) is 4.99 Å². The van der Waals surface area contributed by atoms with Crippen LogP contribution >= 0.6 is 0 Å². The first-order chi connectivity index (χ1) is 16.9. The van der Waals surface area contributed by atoms with Crippen molar-refractivity contribution in [3.05, 3.63) is 108 Å². The van der Waals surface area contributed by atoms with Gasteiger partial charge in [0.25, 0.3) is 5.92 Å². The minimum Gasteiger partial charge on any atom is -0.464 e. The number of nitrogens with zero attached hydrogens (tertiary/aromatic N) is 1. The third kappa shape index (κ3) is 5.45. The number of carbonyl (C=O) groups is 2. The lowest BCUT2D eigenvalue weighted by Gasteiger charge is -2.15. The van der Waals surface area contributed by atoms with Crippen LogP contribution in [-0.4, -0.2) is 36.2 Å². The number of aliphatic imine (C=N–C) groups is 1. The van der Waals surface area contributed by atoms with E-state index in [1.807, 2.05) is 12.1 Å². The summed E-state index contributed by atoms with van der Waals surface area (Å²) in [6.07, 6.45) is 0. The first-order valence-corrected chi connectivity index (χ1v) is 11.4. The zero-order valence-corrected chi connectivity index (χ0v) is 19.1. The summed E-state index contributed by atoms with van der Waals surface area (Å²) in [5, 5.41) is 0. The normalized spacial score (nSPS) is 18.7. The molecule has 0 aromatic heterocycles. The molecule has 1 aliphatic rings. The van der Waals surface area contributed by atoms with E-state index in [0.29, 0.717) is 22.4 Å². The molecule has 0 heterocycles. The molecule has 180 valence electrons. The molecule has 5 nitrogen and oxygen atoms in total. The second kappa shape index (κ2) is 10.6. The first kappa shape index (κ1) is 24.3. The van der Waals surface area contributed by atoms with Gasteiger partial charge in [-0.2, -0.15) is 0 Å². The quantitative estimate of drug-likeness (QED) is 0.319. The number of alkyl halides is 2. The largest absolute Gasteiger partial charge is 0.464 e. The number of carbonyl (C=O) groups excluding carboxylic acids is 2. The molecule has 0 N–H and O–H groups in total. The van der Waals surface area contributed by atoms with E-state index in [1.165, 1.54) is 0 Å². The van der Waals surface area contributed by atoms with Gasteiger partial charge in [-0.3, -0.25) is 9.79 Å². The molecular formula is C28H25F2NO4. The van der Waals surface area contributed by atoms with Gasteiger partial charge >= 0.3 is 11.9 Å². The maximum Gasteiger partial charge on any atom is 0.331 e. The van der Waals surface area contributed by atoms with Crippen LogP contribution in [0.5, 0.6) is 0 Å². The number of benzene rings is 3. The Morgan fingerprint density at radius 3 is 1.89 bits per heavy atom. The van der Waals surface area contributed by atoms with Crippen molar-refractivity contribution in [1.82, 2.24) is 0 Å². The molecule has 1 fully saturated rings. The fraction of sp³-hybridized carbons (Fsp3) is 0.250. The van der Waals surface area contributed by atoms with Crippen LogP contribution in [0.2, 0.25) is 0 Å². The van der Waals surface area contributed by atoms with Gasteiger partial charge in [0.15, 0.2) is 6.04 Å². The molecule has 4 rings (SSSR count). The first-order valence-electron chi connectivity index (χ1n) is 11.4.